The van der Waals surface area contributed by atoms with E-state index in [0.29, 0.717) is 0 Å². The van der Waals surface area contributed by atoms with E-state index >= 15 is 0 Å². The summed E-state index contributed by atoms with van der Waals surface area (Å²) in [5.74, 6) is 2.05. The average molecular weight is 235 g/mol. The zero-order valence-electron chi connectivity index (χ0n) is 11.0. The van der Waals surface area contributed by atoms with Gasteiger partial charge >= 0.3 is 0 Å². The van der Waals surface area contributed by atoms with Crippen molar-refractivity contribution in [1.82, 2.24) is 4.90 Å². The molecule has 0 atom stereocenters. The lowest BCUT2D eigenvalue weighted by Crippen LogP contribution is -2.14. The van der Waals surface area contributed by atoms with Crippen LogP contribution in [-0.4, -0.2) is 39.3 Å². The first-order chi connectivity index (χ1) is 8.22. The van der Waals surface area contributed by atoms with Crippen LogP contribution in [0.4, 0.5) is 0 Å². The quantitative estimate of drug-likeness (QED) is 0.780. The second-order valence-corrected chi connectivity index (χ2v) is 4.73. The number of nitrogens with zero attached hydrogens (tertiary/aromatic N) is 1. The Kier molecular flexibility index (Phi) is 3.89. The van der Waals surface area contributed by atoms with E-state index in [2.05, 4.69) is 19.0 Å². The molecule has 0 spiro atoms. The summed E-state index contributed by atoms with van der Waals surface area (Å²) in [5.41, 5.74) is 2.69. The van der Waals surface area contributed by atoms with Crippen LogP contribution in [0.25, 0.3) is 0 Å². The first kappa shape index (κ1) is 12.2. The van der Waals surface area contributed by atoms with Crippen LogP contribution in [0.3, 0.4) is 0 Å². The van der Waals surface area contributed by atoms with Gasteiger partial charge in [0, 0.05) is 17.5 Å². The topological polar surface area (TPSA) is 21.7 Å². The Bertz CT molecular complexity index is 388. The number of ether oxygens (including phenoxy) is 2. The van der Waals surface area contributed by atoms with Gasteiger partial charge in [-0.2, -0.15) is 0 Å². The van der Waals surface area contributed by atoms with E-state index in [-0.39, 0.29) is 0 Å². The van der Waals surface area contributed by atoms with Gasteiger partial charge in [0.05, 0.1) is 13.7 Å². The van der Waals surface area contributed by atoms with Crippen molar-refractivity contribution in [1.29, 1.82) is 0 Å². The van der Waals surface area contributed by atoms with Crippen molar-refractivity contribution in [2.75, 3.05) is 34.4 Å². The number of benzene rings is 1. The third-order valence-electron chi connectivity index (χ3n) is 3.21. The first-order valence-corrected chi connectivity index (χ1v) is 6.18. The molecular formula is C14H21NO2. The van der Waals surface area contributed by atoms with Gasteiger partial charge in [0.25, 0.3) is 0 Å². The van der Waals surface area contributed by atoms with Crippen LogP contribution in [0.5, 0.6) is 11.5 Å². The van der Waals surface area contributed by atoms with Crippen molar-refractivity contribution in [2.45, 2.75) is 19.3 Å². The van der Waals surface area contributed by atoms with Crippen LogP contribution >= 0.6 is 0 Å². The molecule has 3 heteroatoms. The first-order valence-electron chi connectivity index (χ1n) is 6.18. The van der Waals surface area contributed by atoms with Crippen LogP contribution in [0.2, 0.25) is 0 Å². The SMILES string of the molecule is COc1ccc2c(c1CCCN(C)C)CCO2. The molecule has 0 saturated heterocycles. The predicted octanol–water partition coefficient (Wildman–Crippen LogP) is 2.12. The molecule has 94 valence electrons. The average Bonchev–Trinajstić information content (AvgIpc) is 2.77. The smallest absolute Gasteiger partial charge is 0.123 e. The number of fused-ring (bicyclic) bond motifs is 1. The Hall–Kier alpha value is -1.22. The maximum atomic E-state index is 5.60. The molecule has 0 unspecified atom stereocenters. The molecule has 1 heterocycles. The van der Waals surface area contributed by atoms with E-state index in [1.54, 1.807) is 7.11 Å². The molecule has 0 saturated carbocycles. The van der Waals surface area contributed by atoms with Gasteiger partial charge in [-0.25, -0.2) is 0 Å². The zero-order valence-corrected chi connectivity index (χ0v) is 11.0. The van der Waals surface area contributed by atoms with Gasteiger partial charge in [-0.15, -0.1) is 0 Å². The Morgan fingerprint density at radius 1 is 1.35 bits per heavy atom. The Morgan fingerprint density at radius 3 is 2.88 bits per heavy atom. The molecule has 0 aromatic heterocycles. The minimum Gasteiger partial charge on any atom is -0.496 e. The van der Waals surface area contributed by atoms with Gasteiger partial charge in [0.15, 0.2) is 0 Å². The maximum Gasteiger partial charge on any atom is 0.123 e. The summed E-state index contributed by atoms with van der Waals surface area (Å²) in [6, 6.07) is 4.05. The molecule has 0 aliphatic carbocycles. The Labute approximate surface area is 103 Å². The second-order valence-electron chi connectivity index (χ2n) is 4.73. The van der Waals surface area contributed by atoms with Crippen molar-refractivity contribution in [2.24, 2.45) is 0 Å². The van der Waals surface area contributed by atoms with Crippen molar-refractivity contribution in [3.63, 3.8) is 0 Å². The summed E-state index contributed by atoms with van der Waals surface area (Å²) < 4.78 is 11.1. The molecule has 0 N–H and O–H groups in total. The molecule has 0 fully saturated rings. The summed E-state index contributed by atoms with van der Waals surface area (Å²) in [6.07, 6.45) is 3.23. The van der Waals surface area contributed by atoms with E-state index < -0.39 is 0 Å². The molecule has 1 aromatic carbocycles. The summed E-state index contributed by atoms with van der Waals surface area (Å²) in [5, 5.41) is 0. The number of rotatable bonds is 5. The number of hydrogen-bond acceptors (Lipinski definition) is 3. The Balaban J connectivity index is 2.15. The minimum atomic E-state index is 0.809. The van der Waals surface area contributed by atoms with Gasteiger partial charge in [-0.3, -0.25) is 0 Å². The normalized spacial score (nSPS) is 13.6. The predicted molar refractivity (Wildman–Crippen MR) is 69.1 cm³/mol. The molecule has 1 aromatic rings. The van der Waals surface area contributed by atoms with Gasteiger partial charge in [-0.1, -0.05) is 0 Å². The monoisotopic (exact) mass is 235 g/mol. The van der Waals surface area contributed by atoms with Gasteiger partial charge in [0.2, 0.25) is 0 Å². The molecule has 1 aliphatic heterocycles. The summed E-state index contributed by atoms with van der Waals surface area (Å²) in [7, 11) is 5.96. The maximum absolute atomic E-state index is 5.60. The molecule has 17 heavy (non-hydrogen) atoms. The van der Waals surface area contributed by atoms with Crippen LogP contribution in [0, 0.1) is 0 Å². The molecule has 0 radical (unpaired) electrons. The fourth-order valence-electron chi connectivity index (χ4n) is 2.36. The van der Waals surface area contributed by atoms with Crippen molar-refractivity contribution < 1.29 is 9.47 Å². The molecule has 1 aliphatic rings. The second kappa shape index (κ2) is 5.41. The van der Waals surface area contributed by atoms with Gasteiger partial charge in [-0.05, 0) is 45.6 Å². The molecule has 2 rings (SSSR count). The van der Waals surface area contributed by atoms with E-state index in [0.717, 1.165) is 43.9 Å². The van der Waals surface area contributed by atoms with Gasteiger partial charge in [0.1, 0.15) is 11.5 Å². The highest BCUT2D eigenvalue weighted by atomic mass is 16.5. The lowest BCUT2D eigenvalue weighted by atomic mass is 9.99. The summed E-state index contributed by atoms with van der Waals surface area (Å²) in [6.45, 7) is 1.91. The zero-order chi connectivity index (χ0) is 12.3. The highest BCUT2D eigenvalue weighted by molar-refractivity contribution is 5.50. The Morgan fingerprint density at radius 2 is 2.18 bits per heavy atom. The number of hydrogen-bond donors (Lipinski definition) is 0. The highest BCUT2D eigenvalue weighted by Gasteiger charge is 2.19. The molecule has 0 bridgehead atoms. The standard InChI is InChI=1S/C14H21NO2/c1-15(2)9-4-5-11-12-8-10-17-14(12)7-6-13(11)16-3/h6-7H,4-5,8-10H2,1-3H3. The molecule has 3 nitrogen and oxygen atoms in total. The lowest BCUT2D eigenvalue weighted by Gasteiger charge is -2.14. The summed E-state index contributed by atoms with van der Waals surface area (Å²) in [4.78, 5) is 2.21. The lowest BCUT2D eigenvalue weighted by molar-refractivity contribution is 0.356. The molecular weight excluding hydrogens is 214 g/mol. The fourth-order valence-corrected chi connectivity index (χ4v) is 2.36. The van der Waals surface area contributed by atoms with Crippen LogP contribution in [-0.2, 0) is 12.8 Å². The largest absolute Gasteiger partial charge is 0.496 e. The third kappa shape index (κ3) is 2.72. The minimum absolute atomic E-state index is 0.809. The van der Waals surface area contributed by atoms with Crippen LogP contribution in [0.15, 0.2) is 12.1 Å². The van der Waals surface area contributed by atoms with Crippen LogP contribution < -0.4 is 9.47 Å². The van der Waals surface area contributed by atoms with E-state index in [1.165, 1.54) is 11.1 Å². The van der Waals surface area contributed by atoms with E-state index in [9.17, 15) is 0 Å². The highest BCUT2D eigenvalue weighted by Crippen LogP contribution is 2.35. The third-order valence-corrected chi connectivity index (χ3v) is 3.21. The van der Waals surface area contributed by atoms with Crippen molar-refractivity contribution >= 4 is 0 Å². The fraction of sp³-hybridized carbons (Fsp3) is 0.571. The van der Waals surface area contributed by atoms with Crippen molar-refractivity contribution in [3.8, 4) is 11.5 Å². The van der Waals surface area contributed by atoms with Gasteiger partial charge < -0.3 is 14.4 Å². The van der Waals surface area contributed by atoms with Crippen LogP contribution in [0.1, 0.15) is 17.5 Å². The van der Waals surface area contributed by atoms with E-state index in [4.69, 9.17) is 9.47 Å². The summed E-state index contributed by atoms with van der Waals surface area (Å²) >= 11 is 0. The van der Waals surface area contributed by atoms with E-state index in [1.807, 2.05) is 12.1 Å². The number of methoxy groups -OCH3 is 1. The van der Waals surface area contributed by atoms with Crippen molar-refractivity contribution in [3.05, 3.63) is 23.3 Å². The molecule has 0 amide bonds.